The molecule has 2 aromatic carbocycles. The third-order valence-corrected chi connectivity index (χ3v) is 7.06. The molecule has 0 heterocycles. The zero-order valence-corrected chi connectivity index (χ0v) is 28.5. The second-order valence-electron chi connectivity index (χ2n) is 6.09. The molecular formula is C25H45IMnO5P2Si. The van der Waals surface area contributed by atoms with Crippen molar-refractivity contribution < 1.29 is 39.9 Å². The van der Waals surface area contributed by atoms with Crippen molar-refractivity contribution in [1.29, 1.82) is 1.28 Å². The third-order valence-electron chi connectivity index (χ3n) is 3.43. The van der Waals surface area contributed by atoms with E-state index in [1.807, 2.05) is 110 Å². The SMILES string of the molecule is CCCP.CCOC(C)=O.CCO[Si](OCC)(OCC)c1ccccc1.[2H]PI.[Mn].c1ccccc1. The van der Waals surface area contributed by atoms with Gasteiger partial charge < -0.3 is 18.0 Å². The van der Waals surface area contributed by atoms with Crippen LogP contribution in [-0.4, -0.2) is 48.6 Å². The van der Waals surface area contributed by atoms with E-state index in [-0.39, 0.29) is 23.0 Å². The molecule has 0 fully saturated rings. The summed E-state index contributed by atoms with van der Waals surface area (Å²) in [6.07, 6.45) is 2.52. The molecule has 0 aliphatic rings. The van der Waals surface area contributed by atoms with Gasteiger partial charge in [0.1, 0.15) is 0 Å². The van der Waals surface area contributed by atoms with Crippen molar-refractivity contribution in [3.8, 4) is 0 Å². The molecule has 2 rings (SSSR count). The van der Waals surface area contributed by atoms with E-state index in [2.05, 4.69) is 20.9 Å². The molecule has 5 nitrogen and oxygen atoms in total. The molecular weight excluding hydrogens is 652 g/mol. The number of hydrogen-bond donors (Lipinski definition) is 0. The molecule has 1 radical (unpaired) electrons. The van der Waals surface area contributed by atoms with Crippen LogP contribution in [0.1, 0.15) is 48.0 Å². The third kappa shape index (κ3) is 27.0. The van der Waals surface area contributed by atoms with Crippen molar-refractivity contribution in [2.45, 2.75) is 48.0 Å². The Morgan fingerprint density at radius 3 is 1.34 bits per heavy atom. The summed E-state index contributed by atoms with van der Waals surface area (Å²) in [5, 5.41) is 1.03. The first-order valence-electron chi connectivity index (χ1n) is 12.0. The van der Waals surface area contributed by atoms with Gasteiger partial charge in [-0.25, -0.2) is 0 Å². The summed E-state index contributed by atoms with van der Waals surface area (Å²) in [6.45, 7) is 13.8. The first-order chi connectivity index (χ1) is 16.9. The number of carbonyl (C=O) groups excluding carboxylic acids is 1. The van der Waals surface area contributed by atoms with Crippen molar-refractivity contribution in [2.24, 2.45) is 0 Å². The van der Waals surface area contributed by atoms with Crippen LogP contribution >= 0.6 is 38.1 Å². The van der Waals surface area contributed by atoms with Crippen LogP contribution in [0.5, 0.6) is 0 Å². The Bertz CT molecular complexity index is 622. The van der Waals surface area contributed by atoms with Gasteiger partial charge in [0.25, 0.3) is 0 Å². The number of hydrogen-bond acceptors (Lipinski definition) is 5. The van der Waals surface area contributed by atoms with Crippen molar-refractivity contribution >= 4 is 58.1 Å². The van der Waals surface area contributed by atoms with Gasteiger partial charge in [-0.05, 0) is 33.9 Å². The average Bonchev–Trinajstić information content (AvgIpc) is 2.87. The quantitative estimate of drug-likeness (QED) is 0.127. The number of rotatable bonds is 9. The molecule has 0 aromatic heterocycles. The van der Waals surface area contributed by atoms with Crippen LogP contribution in [0.25, 0.3) is 0 Å². The van der Waals surface area contributed by atoms with Gasteiger partial charge >= 0.3 is 14.8 Å². The fourth-order valence-electron chi connectivity index (χ4n) is 2.18. The van der Waals surface area contributed by atoms with Crippen LogP contribution in [0.3, 0.4) is 0 Å². The second-order valence-corrected chi connectivity index (χ2v) is 9.22. The number of benzene rings is 2. The summed E-state index contributed by atoms with van der Waals surface area (Å²) >= 11 is 1.98. The fourth-order valence-corrected chi connectivity index (χ4v) is 4.67. The summed E-state index contributed by atoms with van der Waals surface area (Å²) in [6, 6.07) is 22.0. The molecule has 2 unspecified atom stereocenters. The molecule has 0 N–H and O–H groups in total. The van der Waals surface area contributed by atoms with Gasteiger partial charge in [-0.3, -0.25) is 4.79 Å². The van der Waals surface area contributed by atoms with Crippen LogP contribution in [0.4, 0.5) is 0 Å². The minimum absolute atomic E-state index is 0. The largest absolute Gasteiger partial charge is 0.537 e. The van der Waals surface area contributed by atoms with Gasteiger partial charge in [-0.2, -0.15) is 0 Å². The summed E-state index contributed by atoms with van der Waals surface area (Å²) in [5.41, 5.74) is 0. The summed E-state index contributed by atoms with van der Waals surface area (Å²) in [5.74, 6) is -0.211. The van der Waals surface area contributed by atoms with Gasteiger partial charge in [-0.1, -0.05) is 109 Å². The van der Waals surface area contributed by atoms with E-state index in [9.17, 15) is 4.79 Å². The van der Waals surface area contributed by atoms with E-state index in [0.29, 0.717) is 33.3 Å². The maximum atomic E-state index is 9.82. The Hall–Kier alpha value is 0.116. The van der Waals surface area contributed by atoms with Crippen LogP contribution < -0.4 is 5.19 Å². The predicted octanol–water partition coefficient (Wildman–Crippen LogP) is 6.68. The zero-order valence-electron chi connectivity index (χ0n) is 23.0. The van der Waals surface area contributed by atoms with Crippen LogP contribution in [0.2, 0.25) is 0 Å². The number of carbonyl (C=O) groups is 1. The molecule has 2 aromatic rings. The van der Waals surface area contributed by atoms with Crippen LogP contribution in [0.15, 0.2) is 66.7 Å². The molecule has 0 amide bonds. The first kappa shape index (κ1) is 39.6. The van der Waals surface area contributed by atoms with Crippen LogP contribution in [0, 0.1) is 0 Å². The van der Waals surface area contributed by atoms with Crippen LogP contribution in [-0.2, 0) is 39.9 Å². The zero-order chi connectivity index (χ0) is 27.2. The molecule has 0 aliphatic carbocycles. The van der Waals surface area contributed by atoms with Gasteiger partial charge in [-0.15, -0.1) is 9.24 Å². The topological polar surface area (TPSA) is 54.0 Å². The molecule has 10 heteroatoms. The smallest absolute Gasteiger partial charge is 0.466 e. The van der Waals surface area contributed by atoms with E-state index >= 15 is 0 Å². The van der Waals surface area contributed by atoms with E-state index in [1.54, 1.807) is 6.92 Å². The predicted molar refractivity (Wildman–Crippen MR) is 164 cm³/mol. The molecule has 0 saturated heterocycles. The van der Waals surface area contributed by atoms with Gasteiger partial charge in [0, 0.05) is 49.0 Å². The normalized spacial score (nSPS) is 9.77. The second kappa shape index (κ2) is 34.1. The number of esters is 1. The summed E-state index contributed by atoms with van der Waals surface area (Å²) < 4.78 is 28.0. The summed E-state index contributed by atoms with van der Waals surface area (Å²) in [4.78, 5) is 9.82. The molecule has 0 bridgehead atoms. The number of halogens is 1. The van der Waals surface area contributed by atoms with Gasteiger partial charge in [0.2, 0.25) is 0 Å². The minimum atomic E-state index is -2.67. The molecule has 203 valence electrons. The molecule has 0 aliphatic heterocycles. The minimum Gasteiger partial charge on any atom is -0.466 e. The van der Waals surface area contributed by atoms with E-state index in [0.717, 1.165) is 5.19 Å². The fraction of sp³-hybridized carbons (Fsp3) is 0.480. The number of ether oxygens (including phenoxy) is 1. The van der Waals surface area contributed by atoms with E-state index in [1.165, 1.54) is 19.5 Å². The Balaban J connectivity index is -0.000000211. The molecule has 35 heavy (non-hydrogen) atoms. The monoisotopic (exact) mass is 698 g/mol. The molecule has 0 spiro atoms. The van der Waals surface area contributed by atoms with Crippen molar-refractivity contribution in [3.05, 3.63) is 66.7 Å². The Morgan fingerprint density at radius 2 is 1.14 bits per heavy atom. The summed E-state index contributed by atoms with van der Waals surface area (Å²) in [7, 11) is -0.0165. The Kier molecular flexibility index (Phi) is 38.6. The Morgan fingerprint density at radius 1 is 0.829 bits per heavy atom. The van der Waals surface area contributed by atoms with Crippen molar-refractivity contribution in [2.75, 3.05) is 32.6 Å². The van der Waals surface area contributed by atoms with E-state index in [4.69, 9.17) is 14.6 Å². The maximum Gasteiger partial charge on any atom is 0.537 e. The standard InChI is InChI=1S/C12H20O3Si.C6H6.C4H8O2.C3H9P.H2IP.Mn/c1-4-13-16(14-5-2,15-6-3)12-10-8-7-9-11-12;1-2-4-6-5-3-1;1-3-6-4(2)5;1-2-3-4;1-2;/h7-11H,4-6H2,1-3H3;1-6H;3H2,1-2H3;2-4H2,1H3;2H2;/i;;;;2D;. The average molecular weight is 699 g/mol. The first-order valence-corrected chi connectivity index (χ1v) is 17.6. The molecule has 2 atom stereocenters. The van der Waals surface area contributed by atoms with Crippen molar-refractivity contribution in [1.82, 2.24) is 0 Å². The molecule has 0 saturated carbocycles. The van der Waals surface area contributed by atoms with E-state index < -0.39 is 8.80 Å². The van der Waals surface area contributed by atoms with Crippen molar-refractivity contribution in [3.63, 3.8) is 0 Å². The Labute approximate surface area is 245 Å². The maximum absolute atomic E-state index is 9.82. The van der Waals surface area contributed by atoms with Gasteiger partial charge in [0.05, 0.1) is 7.89 Å². The van der Waals surface area contributed by atoms with Gasteiger partial charge in [0.15, 0.2) is 0 Å².